The van der Waals surface area contributed by atoms with Crippen molar-refractivity contribution in [3.63, 3.8) is 0 Å². The molecule has 0 saturated heterocycles. The first-order chi connectivity index (χ1) is 13.1. The number of aryl methyl sites for hydroxylation is 1. The summed E-state index contributed by atoms with van der Waals surface area (Å²) < 4.78 is 17.6. The average molecular weight is 394 g/mol. The minimum Gasteiger partial charge on any atom is -0.496 e. The number of benzene rings is 1. The predicted octanol–water partition coefficient (Wildman–Crippen LogP) is 3.18. The lowest BCUT2D eigenvalue weighted by Gasteiger charge is -2.30. The van der Waals surface area contributed by atoms with Gasteiger partial charge in [0.25, 0.3) is 0 Å². The Kier molecular flexibility index (Phi) is 9.11. The molecule has 6 heteroatoms. The molecular weight excluding hydrogens is 358 g/mol. The van der Waals surface area contributed by atoms with Gasteiger partial charge < -0.3 is 15.4 Å². The molecule has 0 aromatic heterocycles. The lowest BCUT2D eigenvalue weighted by Crippen LogP contribution is -2.46. The van der Waals surface area contributed by atoms with Crippen molar-refractivity contribution >= 4 is 16.8 Å². The number of aliphatic imine (C=N–C) groups is 1. The molecule has 1 aromatic carbocycles. The van der Waals surface area contributed by atoms with Crippen LogP contribution in [0.1, 0.15) is 50.7 Å². The molecule has 3 unspecified atom stereocenters. The van der Waals surface area contributed by atoms with E-state index in [1.165, 1.54) is 11.1 Å². The number of hydrogen-bond donors (Lipinski definition) is 2. The Morgan fingerprint density at radius 2 is 2.15 bits per heavy atom. The number of methoxy groups -OCH3 is 1. The third-order valence-corrected chi connectivity index (χ3v) is 6.80. The Balaban J connectivity index is 1.96. The molecule has 27 heavy (non-hydrogen) atoms. The van der Waals surface area contributed by atoms with Crippen LogP contribution in [0.4, 0.5) is 0 Å². The lowest BCUT2D eigenvalue weighted by molar-refractivity contribution is 0.409. The topological polar surface area (TPSA) is 62.7 Å². The van der Waals surface area contributed by atoms with Gasteiger partial charge in [0.1, 0.15) is 5.75 Å². The average Bonchev–Trinajstić information content (AvgIpc) is 2.68. The monoisotopic (exact) mass is 393 g/mol. The molecule has 0 bridgehead atoms. The standard InChI is InChI=1S/C21H35N3O2S/c1-5-22-21(24-18-8-7-9-19(15-18)27(25)6-2)23-13-12-17-14-16(3)10-11-20(17)26-4/h10-11,14,18-19H,5-9,12-13,15H2,1-4H3,(H2,22,23,24). The third kappa shape index (κ3) is 6.83. The van der Waals surface area contributed by atoms with Crippen LogP contribution in [0.15, 0.2) is 23.2 Å². The molecule has 1 aliphatic carbocycles. The maximum absolute atomic E-state index is 12.2. The summed E-state index contributed by atoms with van der Waals surface area (Å²) >= 11 is 0. The molecule has 0 heterocycles. The molecule has 2 rings (SSSR count). The van der Waals surface area contributed by atoms with Crippen molar-refractivity contribution in [3.8, 4) is 5.75 Å². The molecule has 0 aliphatic heterocycles. The highest BCUT2D eigenvalue weighted by atomic mass is 32.2. The molecule has 0 spiro atoms. The van der Waals surface area contributed by atoms with Gasteiger partial charge in [-0.3, -0.25) is 9.20 Å². The summed E-state index contributed by atoms with van der Waals surface area (Å²) in [4.78, 5) is 4.76. The largest absolute Gasteiger partial charge is 0.496 e. The number of rotatable bonds is 8. The highest BCUT2D eigenvalue weighted by molar-refractivity contribution is 7.85. The lowest BCUT2D eigenvalue weighted by atomic mass is 9.95. The number of ether oxygens (including phenoxy) is 1. The molecule has 1 aromatic rings. The summed E-state index contributed by atoms with van der Waals surface area (Å²) in [5.41, 5.74) is 2.42. The summed E-state index contributed by atoms with van der Waals surface area (Å²) in [5.74, 6) is 2.53. The molecule has 0 amide bonds. The van der Waals surface area contributed by atoms with E-state index in [9.17, 15) is 4.21 Å². The van der Waals surface area contributed by atoms with Crippen LogP contribution in [0.2, 0.25) is 0 Å². The first-order valence-corrected chi connectivity index (χ1v) is 11.5. The summed E-state index contributed by atoms with van der Waals surface area (Å²) in [7, 11) is 1.01. The third-order valence-electron chi connectivity index (χ3n) is 5.05. The zero-order valence-corrected chi connectivity index (χ0v) is 18.0. The minimum atomic E-state index is -0.703. The van der Waals surface area contributed by atoms with Crippen LogP contribution in [-0.4, -0.2) is 47.4 Å². The van der Waals surface area contributed by atoms with Crippen molar-refractivity contribution < 1.29 is 8.95 Å². The highest BCUT2D eigenvalue weighted by Gasteiger charge is 2.26. The van der Waals surface area contributed by atoms with Gasteiger partial charge in [-0.2, -0.15) is 0 Å². The van der Waals surface area contributed by atoms with E-state index >= 15 is 0 Å². The Labute approximate surface area is 166 Å². The van der Waals surface area contributed by atoms with E-state index in [-0.39, 0.29) is 0 Å². The van der Waals surface area contributed by atoms with Gasteiger partial charge in [0.15, 0.2) is 5.96 Å². The number of hydrogen-bond acceptors (Lipinski definition) is 3. The van der Waals surface area contributed by atoms with Crippen LogP contribution >= 0.6 is 0 Å². The van der Waals surface area contributed by atoms with Crippen molar-refractivity contribution in [2.24, 2.45) is 4.99 Å². The Morgan fingerprint density at radius 1 is 1.33 bits per heavy atom. The first kappa shape index (κ1) is 21.7. The van der Waals surface area contributed by atoms with E-state index in [4.69, 9.17) is 9.73 Å². The minimum absolute atomic E-state index is 0.320. The first-order valence-electron chi connectivity index (χ1n) is 10.1. The van der Waals surface area contributed by atoms with Crippen molar-refractivity contribution in [3.05, 3.63) is 29.3 Å². The fourth-order valence-electron chi connectivity index (χ4n) is 3.65. The Bertz CT molecular complexity index is 648. The molecular formula is C21H35N3O2S. The maximum Gasteiger partial charge on any atom is 0.191 e. The molecule has 1 saturated carbocycles. The Hall–Kier alpha value is -1.56. The van der Waals surface area contributed by atoms with Gasteiger partial charge in [-0.1, -0.05) is 31.0 Å². The smallest absolute Gasteiger partial charge is 0.191 e. The fourth-order valence-corrected chi connectivity index (χ4v) is 5.00. The second-order valence-corrected chi connectivity index (χ2v) is 9.13. The zero-order valence-electron chi connectivity index (χ0n) is 17.2. The van der Waals surface area contributed by atoms with E-state index in [2.05, 4.69) is 36.6 Å². The van der Waals surface area contributed by atoms with E-state index in [1.54, 1.807) is 7.11 Å². The molecule has 3 atom stereocenters. The summed E-state index contributed by atoms with van der Waals surface area (Å²) in [6.07, 6.45) is 5.14. The van der Waals surface area contributed by atoms with Gasteiger partial charge in [0, 0.05) is 40.9 Å². The van der Waals surface area contributed by atoms with Crippen LogP contribution in [0.3, 0.4) is 0 Å². The van der Waals surface area contributed by atoms with E-state index in [0.29, 0.717) is 17.8 Å². The molecule has 0 radical (unpaired) electrons. The van der Waals surface area contributed by atoms with Crippen molar-refractivity contribution in [1.82, 2.24) is 10.6 Å². The van der Waals surface area contributed by atoms with Crippen molar-refractivity contribution in [2.75, 3.05) is 26.0 Å². The molecule has 1 aliphatic rings. The Morgan fingerprint density at radius 3 is 2.85 bits per heavy atom. The zero-order chi connectivity index (χ0) is 19.6. The van der Waals surface area contributed by atoms with Crippen molar-refractivity contribution in [2.45, 2.75) is 64.2 Å². The van der Waals surface area contributed by atoms with Gasteiger partial charge in [-0.05, 0) is 51.2 Å². The molecule has 152 valence electrons. The van der Waals surface area contributed by atoms with Crippen molar-refractivity contribution in [1.29, 1.82) is 0 Å². The van der Waals surface area contributed by atoms with Crippen LogP contribution < -0.4 is 15.4 Å². The van der Waals surface area contributed by atoms with Gasteiger partial charge in [-0.15, -0.1) is 0 Å². The summed E-state index contributed by atoms with van der Waals surface area (Å²) in [5, 5.41) is 7.23. The van der Waals surface area contributed by atoms with E-state index < -0.39 is 10.8 Å². The van der Waals surface area contributed by atoms with Gasteiger partial charge >= 0.3 is 0 Å². The molecule has 2 N–H and O–H groups in total. The van der Waals surface area contributed by atoms with Gasteiger partial charge in [-0.25, -0.2) is 0 Å². The van der Waals surface area contributed by atoms with Crippen LogP contribution in [-0.2, 0) is 17.2 Å². The second kappa shape index (κ2) is 11.3. The second-order valence-electron chi connectivity index (χ2n) is 7.13. The number of nitrogens with zero attached hydrogens (tertiary/aromatic N) is 1. The van der Waals surface area contributed by atoms with Crippen LogP contribution in [0.25, 0.3) is 0 Å². The summed E-state index contributed by atoms with van der Waals surface area (Å²) in [6.45, 7) is 7.72. The molecule has 1 fully saturated rings. The van der Waals surface area contributed by atoms with E-state index in [0.717, 1.165) is 56.1 Å². The van der Waals surface area contributed by atoms with E-state index in [1.807, 2.05) is 13.0 Å². The molecule has 5 nitrogen and oxygen atoms in total. The number of guanidine groups is 1. The number of nitrogens with one attached hydrogen (secondary N) is 2. The highest BCUT2D eigenvalue weighted by Crippen LogP contribution is 2.23. The maximum atomic E-state index is 12.2. The predicted molar refractivity (Wildman–Crippen MR) is 115 cm³/mol. The van der Waals surface area contributed by atoms with Crippen LogP contribution in [0, 0.1) is 6.92 Å². The van der Waals surface area contributed by atoms with Gasteiger partial charge in [0.05, 0.1) is 7.11 Å². The van der Waals surface area contributed by atoms with Gasteiger partial charge in [0.2, 0.25) is 0 Å². The normalized spacial score (nSPS) is 21.6. The summed E-state index contributed by atoms with van der Waals surface area (Å²) in [6, 6.07) is 6.61. The van der Waals surface area contributed by atoms with Crippen LogP contribution in [0.5, 0.6) is 5.75 Å². The SMILES string of the molecule is CCNC(=NCCc1cc(C)ccc1OC)NC1CCCC(S(=O)CC)C1. The quantitative estimate of drug-likeness (QED) is 0.526. The fraction of sp³-hybridized carbons (Fsp3) is 0.667.